The van der Waals surface area contributed by atoms with Crippen molar-refractivity contribution in [2.45, 2.75) is 43.9 Å². The summed E-state index contributed by atoms with van der Waals surface area (Å²) in [5.41, 5.74) is 8.71. The van der Waals surface area contributed by atoms with Crippen LogP contribution in [-0.2, 0) is 14.3 Å². The van der Waals surface area contributed by atoms with Crippen molar-refractivity contribution in [3.63, 3.8) is 0 Å². The normalized spacial score (nSPS) is 19.1. The van der Waals surface area contributed by atoms with Gasteiger partial charge in [-0.1, -0.05) is 49.1 Å². The van der Waals surface area contributed by atoms with Crippen molar-refractivity contribution in [1.82, 2.24) is 10.2 Å². The molecule has 0 fully saturated rings. The minimum atomic E-state index is -0.582. The Hall–Kier alpha value is -3.36. The fraction of sp³-hybridized carbons (Fsp3) is 0.400. The molecule has 0 amide bonds. The van der Waals surface area contributed by atoms with Crippen molar-refractivity contribution >= 4 is 40.0 Å². The molecule has 9 nitrogen and oxygen atoms in total. The average molecular weight is 526 g/mol. The Labute approximate surface area is 218 Å². The van der Waals surface area contributed by atoms with Crippen LogP contribution in [0.3, 0.4) is 0 Å². The first kappa shape index (κ1) is 25.7. The number of thioether (sulfide) groups is 1. The summed E-state index contributed by atoms with van der Waals surface area (Å²) in [6.07, 6.45) is 0.938. The van der Waals surface area contributed by atoms with E-state index in [1.165, 1.54) is 30.2 Å². The first-order valence-electron chi connectivity index (χ1n) is 11.4. The van der Waals surface area contributed by atoms with E-state index >= 15 is 0 Å². The van der Waals surface area contributed by atoms with E-state index in [2.05, 4.69) is 16.3 Å². The zero-order chi connectivity index (χ0) is 26.0. The zero-order valence-corrected chi connectivity index (χ0v) is 22.2. The summed E-state index contributed by atoms with van der Waals surface area (Å²) in [7, 11) is 1.33. The van der Waals surface area contributed by atoms with Gasteiger partial charge in [-0.25, -0.2) is 0 Å². The number of carbonyl (C=O) groups excluding carboxylic acids is 2. The molecule has 0 saturated heterocycles. The molecule has 1 aromatic heterocycles. The Morgan fingerprint density at radius 3 is 2.67 bits per heavy atom. The van der Waals surface area contributed by atoms with Crippen LogP contribution in [0.15, 0.2) is 51.3 Å². The molecular weight excluding hydrogens is 498 g/mol. The number of allylic oxidation sites excluding steroid dienone is 3. The maximum Gasteiger partial charge on any atom is 0.316 e. The number of rotatable bonds is 7. The highest BCUT2D eigenvalue weighted by Gasteiger charge is 2.45. The zero-order valence-electron chi connectivity index (χ0n) is 20.5. The lowest BCUT2D eigenvalue weighted by Gasteiger charge is -2.42. The molecule has 2 heterocycles. The van der Waals surface area contributed by atoms with Gasteiger partial charge in [-0.15, -0.1) is 10.2 Å². The van der Waals surface area contributed by atoms with Crippen molar-refractivity contribution in [1.29, 1.82) is 5.26 Å². The summed E-state index contributed by atoms with van der Waals surface area (Å²) in [4.78, 5) is 26.8. The molecule has 1 aromatic carbocycles. The molecule has 4 rings (SSSR count). The van der Waals surface area contributed by atoms with E-state index in [9.17, 15) is 14.9 Å². The van der Waals surface area contributed by atoms with Gasteiger partial charge in [0.2, 0.25) is 5.13 Å². The number of esters is 1. The van der Waals surface area contributed by atoms with Crippen LogP contribution in [0, 0.1) is 16.7 Å². The van der Waals surface area contributed by atoms with Gasteiger partial charge in [-0.2, -0.15) is 5.26 Å². The summed E-state index contributed by atoms with van der Waals surface area (Å²) < 4.78 is 10.8. The number of nitrogens with zero attached hydrogens (tertiary/aromatic N) is 4. The van der Waals surface area contributed by atoms with Crippen LogP contribution >= 0.6 is 23.1 Å². The lowest BCUT2D eigenvalue weighted by molar-refractivity contribution is -0.137. The van der Waals surface area contributed by atoms with Crippen molar-refractivity contribution in [2.75, 3.05) is 24.4 Å². The number of aromatic nitrogens is 2. The Kier molecular flexibility index (Phi) is 7.38. The average Bonchev–Trinajstić information content (AvgIpc) is 3.30. The maximum atomic E-state index is 13.6. The second-order valence-electron chi connectivity index (χ2n) is 9.20. The number of nitriles is 1. The van der Waals surface area contributed by atoms with Crippen LogP contribution < -0.4 is 15.4 Å². The molecule has 11 heteroatoms. The number of carbonyl (C=O) groups is 2. The van der Waals surface area contributed by atoms with E-state index in [-0.39, 0.29) is 34.3 Å². The number of Topliss-reactive ketones (excluding diaryl/α,β-unsaturated/α-hetero) is 1. The van der Waals surface area contributed by atoms with Gasteiger partial charge in [-0.3, -0.25) is 14.5 Å². The molecule has 2 N–H and O–H groups in total. The quantitative estimate of drug-likeness (QED) is 0.415. The summed E-state index contributed by atoms with van der Waals surface area (Å²) in [5, 5.41) is 19.1. The molecule has 0 saturated carbocycles. The van der Waals surface area contributed by atoms with E-state index in [0.29, 0.717) is 40.2 Å². The van der Waals surface area contributed by atoms with Crippen LogP contribution in [0.5, 0.6) is 5.75 Å². The maximum absolute atomic E-state index is 13.6. The molecule has 188 valence electrons. The highest BCUT2D eigenvalue weighted by molar-refractivity contribution is 8.01. The van der Waals surface area contributed by atoms with Gasteiger partial charge in [0.1, 0.15) is 11.6 Å². The molecule has 36 heavy (non-hydrogen) atoms. The number of anilines is 1. The minimum Gasteiger partial charge on any atom is -0.494 e. The second kappa shape index (κ2) is 10.3. The van der Waals surface area contributed by atoms with Crippen molar-refractivity contribution in [3.8, 4) is 11.8 Å². The molecule has 1 aliphatic carbocycles. The number of ether oxygens (including phenoxy) is 2. The summed E-state index contributed by atoms with van der Waals surface area (Å²) in [5.74, 6) is 0.0613. The largest absolute Gasteiger partial charge is 0.494 e. The molecule has 2 aliphatic rings. The van der Waals surface area contributed by atoms with Gasteiger partial charge >= 0.3 is 5.97 Å². The molecule has 1 unspecified atom stereocenters. The monoisotopic (exact) mass is 525 g/mol. The number of methoxy groups -OCH3 is 1. The standard InChI is InChI=1S/C25H27N5O4S2/c1-5-34-15-8-6-14(7-9-15)20-16(12-26)22(27)30(17-10-25(2,3)11-18(31)21(17)20)23-28-29-24(36-23)35-13-19(32)33-4/h6-9,20H,5,10-11,13,27H2,1-4H3. The molecule has 1 aliphatic heterocycles. The number of hydrogen-bond donors (Lipinski definition) is 1. The van der Waals surface area contributed by atoms with Gasteiger partial charge < -0.3 is 15.2 Å². The van der Waals surface area contributed by atoms with Crippen LogP contribution in [-0.4, -0.2) is 41.4 Å². The smallest absolute Gasteiger partial charge is 0.316 e. The van der Waals surface area contributed by atoms with Crippen LogP contribution in [0.4, 0.5) is 5.13 Å². The van der Waals surface area contributed by atoms with Crippen LogP contribution in [0.2, 0.25) is 0 Å². The predicted octanol–water partition coefficient (Wildman–Crippen LogP) is 4.14. The minimum absolute atomic E-state index is 0.0183. The third kappa shape index (κ3) is 4.96. The summed E-state index contributed by atoms with van der Waals surface area (Å²) in [6.45, 7) is 6.53. The lowest BCUT2D eigenvalue weighted by Crippen LogP contribution is -2.42. The Bertz CT molecular complexity index is 1290. The van der Waals surface area contributed by atoms with E-state index < -0.39 is 5.92 Å². The predicted molar refractivity (Wildman–Crippen MR) is 137 cm³/mol. The molecular formula is C25H27N5O4S2. The third-order valence-corrected chi connectivity index (χ3v) is 8.05. The molecule has 1 atom stereocenters. The van der Waals surface area contributed by atoms with E-state index in [4.69, 9.17) is 15.2 Å². The van der Waals surface area contributed by atoms with Gasteiger partial charge in [0.05, 0.1) is 37.0 Å². The Balaban J connectivity index is 1.82. The molecule has 2 aromatic rings. The van der Waals surface area contributed by atoms with Gasteiger partial charge in [0.15, 0.2) is 10.1 Å². The third-order valence-electron chi connectivity index (χ3n) is 6.03. The SMILES string of the molecule is CCOc1ccc(C2C(C#N)=C(N)N(c3nnc(SCC(=O)OC)s3)C3=C2C(=O)CC(C)(C)C3)cc1. The van der Waals surface area contributed by atoms with Crippen molar-refractivity contribution < 1.29 is 19.1 Å². The number of hydrogen-bond acceptors (Lipinski definition) is 11. The fourth-order valence-electron chi connectivity index (χ4n) is 4.51. The lowest BCUT2D eigenvalue weighted by atomic mass is 9.68. The van der Waals surface area contributed by atoms with Crippen molar-refractivity contribution in [2.24, 2.45) is 11.1 Å². The molecule has 0 spiro atoms. The van der Waals surface area contributed by atoms with Crippen molar-refractivity contribution in [3.05, 3.63) is 52.5 Å². The van der Waals surface area contributed by atoms with Crippen LogP contribution in [0.25, 0.3) is 0 Å². The molecule has 0 bridgehead atoms. The number of nitrogens with two attached hydrogens (primary N) is 1. The topological polar surface area (TPSA) is 131 Å². The van der Waals surface area contributed by atoms with Gasteiger partial charge in [-0.05, 0) is 36.5 Å². The van der Waals surface area contributed by atoms with E-state index in [0.717, 1.165) is 11.3 Å². The Morgan fingerprint density at radius 1 is 1.31 bits per heavy atom. The van der Waals surface area contributed by atoms with Gasteiger partial charge in [0.25, 0.3) is 0 Å². The fourth-order valence-corrected chi connectivity index (χ4v) is 6.23. The van der Waals surface area contributed by atoms with E-state index in [1.807, 2.05) is 45.0 Å². The summed E-state index contributed by atoms with van der Waals surface area (Å²) in [6, 6.07) is 9.68. The molecule has 0 radical (unpaired) electrons. The van der Waals surface area contributed by atoms with E-state index in [1.54, 1.807) is 4.90 Å². The number of benzene rings is 1. The van der Waals surface area contributed by atoms with Gasteiger partial charge in [0, 0.05) is 17.7 Å². The highest BCUT2D eigenvalue weighted by atomic mass is 32.2. The second-order valence-corrected chi connectivity index (χ2v) is 11.4. The first-order chi connectivity index (χ1) is 17.2. The number of ketones is 1. The highest BCUT2D eigenvalue weighted by Crippen LogP contribution is 2.50. The Morgan fingerprint density at radius 2 is 2.03 bits per heavy atom. The van der Waals surface area contributed by atoms with Crippen LogP contribution in [0.1, 0.15) is 45.1 Å². The summed E-state index contributed by atoms with van der Waals surface area (Å²) >= 11 is 2.45. The first-order valence-corrected chi connectivity index (χ1v) is 13.2.